The lowest BCUT2D eigenvalue weighted by Crippen LogP contribution is -2.46. The van der Waals surface area contributed by atoms with E-state index in [0.29, 0.717) is 5.16 Å². The lowest BCUT2D eigenvalue weighted by molar-refractivity contribution is -0.164. The molecule has 0 radical (unpaired) electrons. The van der Waals surface area contributed by atoms with E-state index in [1.165, 1.54) is 0 Å². The topological polar surface area (TPSA) is 49.0 Å². The lowest BCUT2D eigenvalue weighted by atomic mass is 10.2. The molecule has 130 valence electrons. The van der Waals surface area contributed by atoms with Crippen molar-refractivity contribution in [1.82, 2.24) is 14.9 Å². The minimum atomic E-state index is -4.39. The normalized spacial score (nSPS) is 16.3. The molecule has 0 spiro atoms. The minimum Gasteiger partial charge on any atom is -0.333 e. The van der Waals surface area contributed by atoms with Gasteiger partial charge < -0.3 is 9.88 Å². The fraction of sp³-hybridized carbons (Fsp3) is 0.500. The fourth-order valence-corrected chi connectivity index (χ4v) is 3.47. The molecule has 1 N–H and O–H groups in total. The number of amides is 1. The van der Waals surface area contributed by atoms with Gasteiger partial charge in [-0.15, -0.1) is 0 Å². The number of fused-ring (bicyclic) bond motifs is 1. The third kappa shape index (κ3) is 4.23. The van der Waals surface area contributed by atoms with Crippen LogP contribution < -0.4 is 0 Å². The van der Waals surface area contributed by atoms with Gasteiger partial charge in [-0.1, -0.05) is 23.9 Å². The number of nitrogens with one attached hydrogen (secondary N) is 1. The molecule has 1 aliphatic carbocycles. The highest BCUT2D eigenvalue weighted by Crippen LogP contribution is 2.36. The Labute approximate surface area is 141 Å². The number of aromatic nitrogens is 2. The summed E-state index contributed by atoms with van der Waals surface area (Å²) in [4.78, 5) is 20.7. The molecule has 0 unspecified atom stereocenters. The van der Waals surface area contributed by atoms with Crippen LogP contribution in [0.4, 0.5) is 13.2 Å². The van der Waals surface area contributed by atoms with Crippen molar-refractivity contribution in [2.75, 3.05) is 12.3 Å². The van der Waals surface area contributed by atoms with Gasteiger partial charge >= 0.3 is 6.18 Å². The van der Waals surface area contributed by atoms with Gasteiger partial charge in [0.2, 0.25) is 5.91 Å². The Hall–Kier alpha value is -1.70. The van der Waals surface area contributed by atoms with Crippen LogP contribution in [0.2, 0.25) is 0 Å². The lowest BCUT2D eigenvalue weighted by Gasteiger charge is -2.30. The number of nitrogens with zero attached hydrogens (tertiary/aromatic N) is 2. The van der Waals surface area contributed by atoms with E-state index in [1.807, 2.05) is 24.3 Å². The van der Waals surface area contributed by atoms with E-state index in [9.17, 15) is 18.0 Å². The van der Waals surface area contributed by atoms with E-state index in [0.717, 1.165) is 40.5 Å². The summed E-state index contributed by atoms with van der Waals surface area (Å²) in [6.07, 6.45) is -2.61. The van der Waals surface area contributed by atoms with Gasteiger partial charge in [0.05, 0.1) is 16.8 Å². The summed E-state index contributed by atoms with van der Waals surface area (Å²) in [5.41, 5.74) is 1.61. The molecular weight excluding hydrogens is 339 g/mol. The number of halogens is 3. The zero-order chi connectivity index (χ0) is 17.3. The second-order valence-corrected chi connectivity index (χ2v) is 7.03. The Bertz CT molecular complexity index is 694. The first-order valence-corrected chi connectivity index (χ1v) is 8.76. The Morgan fingerprint density at radius 1 is 1.42 bits per heavy atom. The first-order chi connectivity index (χ1) is 11.3. The number of alkyl halides is 3. The number of thioether (sulfide) groups is 1. The quantitative estimate of drug-likeness (QED) is 0.799. The van der Waals surface area contributed by atoms with Crippen molar-refractivity contribution in [2.24, 2.45) is 5.92 Å². The maximum Gasteiger partial charge on any atom is 0.406 e. The van der Waals surface area contributed by atoms with Crippen LogP contribution in [0.25, 0.3) is 11.0 Å². The maximum atomic E-state index is 12.8. The van der Waals surface area contributed by atoms with Crippen molar-refractivity contribution in [3.63, 3.8) is 0 Å². The summed E-state index contributed by atoms with van der Waals surface area (Å²) in [5.74, 6) is -0.378. The fourth-order valence-electron chi connectivity index (χ4n) is 2.70. The average molecular weight is 357 g/mol. The van der Waals surface area contributed by atoms with Crippen LogP contribution in [-0.2, 0) is 4.79 Å². The van der Waals surface area contributed by atoms with E-state index in [2.05, 4.69) is 9.97 Å². The molecule has 1 aliphatic rings. The Kier molecular flexibility index (Phi) is 4.76. The van der Waals surface area contributed by atoms with Crippen molar-refractivity contribution in [1.29, 1.82) is 0 Å². The Morgan fingerprint density at radius 3 is 2.75 bits per heavy atom. The number of hydrogen-bond acceptors (Lipinski definition) is 3. The Morgan fingerprint density at radius 2 is 2.12 bits per heavy atom. The third-order valence-electron chi connectivity index (χ3n) is 4.17. The number of carbonyl (C=O) groups is 1. The minimum absolute atomic E-state index is 0.0625. The van der Waals surface area contributed by atoms with Gasteiger partial charge in [-0.3, -0.25) is 4.79 Å². The monoisotopic (exact) mass is 357 g/mol. The van der Waals surface area contributed by atoms with Gasteiger partial charge in [0.1, 0.15) is 6.54 Å². The van der Waals surface area contributed by atoms with E-state index in [4.69, 9.17) is 0 Å². The molecule has 1 saturated carbocycles. The molecule has 1 amide bonds. The van der Waals surface area contributed by atoms with Crippen LogP contribution in [0.15, 0.2) is 29.4 Å². The number of imidazole rings is 1. The summed E-state index contributed by atoms with van der Waals surface area (Å²) in [5, 5.41) is 0.538. The summed E-state index contributed by atoms with van der Waals surface area (Å²) in [6, 6.07) is 7.03. The van der Waals surface area contributed by atoms with Crippen LogP contribution in [-0.4, -0.2) is 45.3 Å². The predicted octanol–water partition coefficient (Wildman–Crippen LogP) is 3.84. The molecule has 1 atom stereocenters. The predicted molar refractivity (Wildman–Crippen MR) is 86.8 cm³/mol. The molecule has 3 rings (SSSR count). The first kappa shape index (κ1) is 17.1. The second-order valence-electron chi connectivity index (χ2n) is 6.06. The van der Waals surface area contributed by atoms with Crippen molar-refractivity contribution in [2.45, 2.75) is 37.1 Å². The van der Waals surface area contributed by atoms with Gasteiger partial charge in [-0.25, -0.2) is 4.98 Å². The van der Waals surface area contributed by atoms with Crippen molar-refractivity contribution in [3.05, 3.63) is 24.3 Å². The molecule has 0 aliphatic heterocycles. The van der Waals surface area contributed by atoms with Gasteiger partial charge in [0.25, 0.3) is 0 Å². The van der Waals surface area contributed by atoms with Crippen molar-refractivity contribution < 1.29 is 18.0 Å². The summed E-state index contributed by atoms with van der Waals surface area (Å²) >= 11 is 1.13. The molecule has 24 heavy (non-hydrogen) atoms. The molecule has 1 fully saturated rings. The van der Waals surface area contributed by atoms with E-state index >= 15 is 0 Å². The Balaban J connectivity index is 1.65. The molecule has 4 nitrogen and oxygen atoms in total. The van der Waals surface area contributed by atoms with Gasteiger partial charge in [0, 0.05) is 6.04 Å². The molecule has 8 heteroatoms. The average Bonchev–Trinajstić information content (AvgIpc) is 3.28. The first-order valence-electron chi connectivity index (χ1n) is 7.77. The van der Waals surface area contributed by atoms with E-state index in [1.54, 1.807) is 6.92 Å². The highest BCUT2D eigenvalue weighted by molar-refractivity contribution is 7.99. The second kappa shape index (κ2) is 6.66. The zero-order valence-electron chi connectivity index (χ0n) is 13.1. The maximum absolute atomic E-state index is 12.8. The van der Waals surface area contributed by atoms with Crippen LogP contribution in [0.1, 0.15) is 19.8 Å². The number of benzene rings is 1. The number of rotatable bonds is 6. The summed E-state index contributed by atoms with van der Waals surface area (Å²) < 4.78 is 38.4. The largest absolute Gasteiger partial charge is 0.406 e. The molecule has 1 heterocycles. The standard InChI is InChI=1S/C16H18F3N3OS/c1-10(11-6-7-11)22(9-16(17,18)19)14(23)8-24-15-20-12-4-2-3-5-13(12)21-15/h2-5,10-11H,6-9H2,1H3,(H,20,21)/t10-/m1/s1. The van der Waals surface area contributed by atoms with E-state index in [-0.39, 0.29) is 17.7 Å². The zero-order valence-corrected chi connectivity index (χ0v) is 14.0. The van der Waals surface area contributed by atoms with Gasteiger partial charge in [-0.05, 0) is 37.8 Å². The number of para-hydroxylation sites is 2. The van der Waals surface area contributed by atoms with Crippen molar-refractivity contribution in [3.8, 4) is 0 Å². The molecular formula is C16H18F3N3OS. The van der Waals surface area contributed by atoms with Gasteiger partial charge in [-0.2, -0.15) is 13.2 Å². The molecule has 0 bridgehead atoms. The summed E-state index contributed by atoms with van der Waals surface area (Å²) in [6.45, 7) is 0.511. The highest BCUT2D eigenvalue weighted by Gasteiger charge is 2.40. The number of aromatic amines is 1. The van der Waals surface area contributed by atoms with Crippen LogP contribution in [0.3, 0.4) is 0 Å². The molecule has 2 aromatic rings. The summed E-state index contributed by atoms with van der Waals surface area (Å²) in [7, 11) is 0. The van der Waals surface area contributed by atoms with Crippen LogP contribution in [0.5, 0.6) is 0 Å². The van der Waals surface area contributed by atoms with Crippen molar-refractivity contribution >= 4 is 28.7 Å². The number of H-pyrrole nitrogens is 1. The van der Waals surface area contributed by atoms with Crippen LogP contribution >= 0.6 is 11.8 Å². The van der Waals surface area contributed by atoms with Gasteiger partial charge in [0.15, 0.2) is 5.16 Å². The SMILES string of the molecule is C[C@H](C1CC1)N(CC(F)(F)F)C(=O)CSc1nc2ccccc2[nH]1. The third-order valence-corrected chi connectivity index (χ3v) is 5.02. The van der Waals surface area contributed by atoms with Crippen LogP contribution in [0, 0.1) is 5.92 Å². The number of hydrogen-bond donors (Lipinski definition) is 1. The highest BCUT2D eigenvalue weighted by atomic mass is 32.2. The molecule has 0 saturated heterocycles. The number of carbonyl (C=O) groups excluding carboxylic acids is 1. The smallest absolute Gasteiger partial charge is 0.333 e. The van der Waals surface area contributed by atoms with E-state index < -0.39 is 18.6 Å². The molecule has 1 aromatic carbocycles. The molecule has 1 aromatic heterocycles.